The molecule has 0 aromatic carbocycles. The molecule has 1 amide bonds. The molecule has 0 bridgehead atoms. The normalized spacial score (nSPS) is 11.6. The molecule has 0 saturated carbocycles. The standard InChI is InChI=1S/C15H19N7O3S2/c1-3-10(22-13(17)20-21-15(22)26-6-5-16)12(24)19-14-18-9(8-27-14)7-11(23)25-4-2/h8,10H,3-4,6-7H2,1-2H3,(H2,17,20)(H,18,19,24). The van der Waals surface area contributed by atoms with Gasteiger partial charge in [0.2, 0.25) is 11.9 Å². The Hall–Kier alpha value is -2.65. The van der Waals surface area contributed by atoms with E-state index in [-0.39, 0.29) is 30.0 Å². The molecule has 27 heavy (non-hydrogen) atoms. The van der Waals surface area contributed by atoms with Gasteiger partial charge in [0.05, 0.1) is 30.5 Å². The van der Waals surface area contributed by atoms with Gasteiger partial charge in [-0.25, -0.2) is 4.98 Å². The number of hydrogen-bond acceptors (Lipinski definition) is 10. The lowest BCUT2D eigenvalue weighted by atomic mass is 10.2. The number of ether oxygens (including phenoxy) is 1. The van der Waals surface area contributed by atoms with Crippen molar-refractivity contribution < 1.29 is 14.3 Å². The van der Waals surface area contributed by atoms with Gasteiger partial charge in [0.15, 0.2) is 10.3 Å². The van der Waals surface area contributed by atoms with Crippen molar-refractivity contribution in [3.63, 3.8) is 0 Å². The molecule has 2 rings (SSSR count). The molecule has 0 spiro atoms. The molecule has 0 radical (unpaired) electrons. The number of hydrogen-bond donors (Lipinski definition) is 2. The molecule has 10 nitrogen and oxygen atoms in total. The molecule has 3 N–H and O–H groups in total. The van der Waals surface area contributed by atoms with Crippen molar-refractivity contribution >= 4 is 46.1 Å². The Balaban J connectivity index is 2.10. The summed E-state index contributed by atoms with van der Waals surface area (Å²) in [5.74, 6) is -0.442. The molecule has 12 heteroatoms. The van der Waals surface area contributed by atoms with E-state index in [0.717, 1.165) is 11.8 Å². The Labute approximate surface area is 164 Å². The summed E-state index contributed by atoms with van der Waals surface area (Å²) in [6, 6.07) is 1.35. The van der Waals surface area contributed by atoms with Crippen LogP contribution in [0.4, 0.5) is 11.1 Å². The van der Waals surface area contributed by atoms with Crippen molar-refractivity contribution in [2.24, 2.45) is 0 Å². The summed E-state index contributed by atoms with van der Waals surface area (Å²) in [5.41, 5.74) is 6.38. The third kappa shape index (κ3) is 5.41. The summed E-state index contributed by atoms with van der Waals surface area (Å²) in [5, 5.41) is 21.7. The molecule has 1 atom stereocenters. The predicted molar refractivity (Wildman–Crippen MR) is 101 cm³/mol. The van der Waals surface area contributed by atoms with E-state index in [1.165, 1.54) is 15.9 Å². The van der Waals surface area contributed by atoms with E-state index in [1.54, 1.807) is 12.3 Å². The first-order chi connectivity index (χ1) is 13.0. The maximum atomic E-state index is 12.7. The van der Waals surface area contributed by atoms with Gasteiger partial charge in [-0.3, -0.25) is 14.2 Å². The highest BCUT2D eigenvalue weighted by Crippen LogP contribution is 2.26. The number of carbonyl (C=O) groups excluding carboxylic acids is 2. The molecule has 0 aliphatic heterocycles. The number of thioether (sulfide) groups is 1. The minimum atomic E-state index is -0.654. The van der Waals surface area contributed by atoms with Crippen LogP contribution in [0.15, 0.2) is 10.5 Å². The summed E-state index contributed by atoms with van der Waals surface area (Å²) >= 11 is 2.37. The lowest BCUT2D eigenvalue weighted by Gasteiger charge is -2.17. The Morgan fingerprint density at radius 3 is 2.93 bits per heavy atom. The predicted octanol–water partition coefficient (Wildman–Crippen LogP) is 1.63. The zero-order valence-corrected chi connectivity index (χ0v) is 16.5. The van der Waals surface area contributed by atoms with Gasteiger partial charge in [-0.2, -0.15) is 5.26 Å². The molecule has 2 heterocycles. The fraction of sp³-hybridized carbons (Fsp3) is 0.467. The van der Waals surface area contributed by atoms with Crippen LogP contribution < -0.4 is 11.1 Å². The molecule has 0 aliphatic rings. The monoisotopic (exact) mass is 409 g/mol. The highest BCUT2D eigenvalue weighted by molar-refractivity contribution is 7.99. The number of thiazole rings is 1. The average Bonchev–Trinajstić information content (AvgIpc) is 3.21. The Morgan fingerprint density at radius 1 is 1.48 bits per heavy atom. The van der Waals surface area contributed by atoms with Gasteiger partial charge in [-0.1, -0.05) is 18.7 Å². The molecule has 0 aliphatic carbocycles. The van der Waals surface area contributed by atoms with Crippen molar-refractivity contribution in [3.05, 3.63) is 11.1 Å². The summed E-state index contributed by atoms with van der Waals surface area (Å²) in [4.78, 5) is 28.5. The number of amides is 1. The number of esters is 1. The van der Waals surface area contributed by atoms with Crippen molar-refractivity contribution in [1.29, 1.82) is 5.26 Å². The van der Waals surface area contributed by atoms with E-state index in [1.807, 2.05) is 13.0 Å². The smallest absolute Gasteiger partial charge is 0.311 e. The second-order valence-corrected chi connectivity index (χ2v) is 7.00. The highest BCUT2D eigenvalue weighted by atomic mass is 32.2. The highest BCUT2D eigenvalue weighted by Gasteiger charge is 2.25. The van der Waals surface area contributed by atoms with Crippen LogP contribution in [0.1, 0.15) is 32.0 Å². The number of nitriles is 1. The van der Waals surface area contributed by atoms with E-state index in [2.05, 4.69) is 20.5 Å². The topological polar surface area (TPSA) is 149 Å². The first kappa shape index (κ1) is 20.7. The lowest BCUT2D eigenvalue weighted by Crippen LogP contribution is -2.27. The van der Waals surface area contributed by atoms with Gasteiger partial charge in [0.1, 0.15) is 6.04 Å². The van der Waals surface area contributed by atoms with Gasteiger partial charge in [-0.15, -0.1) is 21.5 Å². The van der Waals surface area contributed by atoms with Gasteiger partial charge < -0.3 is 15.8 Å². The number of aromatic nitrogens is 4. The first-order valence-electron chi connectivity index (χ1n) is 8.11. The van der Waals surface area contributed by atoms with Crippen molar-refractivity contribution in [1.82, 2.24) is 19.7 Å². The largest absolute Gasteiger partial charge is 0.466 e. The van der Waals surface area contributed by atoms with Gasteiger partial charge >= 0.3 is 5.97 Å². The number of nitrogens with two attached hydrogens (primary N) is 1. The zero-order valence-electron chi connectivity index (χ0n) is 14.8. The molecule has 0 fully saturated rings. The maximum absolute atomic E-state index is 12.7. The van der Waals surface area contributed by atoms with Crippen LogP contribution in [-0.2, 0) is 20.7 Å². The Kier molecular flexibility index (Phi) is 7.56. The second-order valence-electron chi connectivity index (χ2n) is 5.20. The molecular formula is C15H19N7O3S2. The molecule has 144 valence electrons. The number of nitrogens with one attached hydrogen (secondary N) is 1. The third-order valence-corrected chi connectivity index (χ3v) is 4.99. The van der Waals surface area contributed by atoms with Crippen LogP contribution in [0.5, 0.6) is 0 Å². The first-order valence-corrected chi connectivity index (χ1v) is 9.97. The number of nitrogens with zero attached hydrogens (tertiary/aromatic N) is 5. The quantitative estimate of drug-likeness (QED) is 0.465. The minimum absolute atomic E-state index is 0.0464. The second kappa shape index (κ2) is 9.89. The van der Waals surface area contributed by atoms with Crippen LogP contribution in [0.2, 0.25) is 0 Å². The van der Waals surface area contributed by atoms with Crippen LogP contribution in [0.25, 0.3) is 0 Å². The van der Waals surface area contributed by atoms with Gasteiger partial charge in [0, 0.05) is 5.38 Å². The van der Waals surface area contributed by atoms with Gasteiger partial charge in [-0.05, 0) is 13.3 Å². The van der Waals surface area contributed by atoms with E-state index >= 15 is 0 Å². The van der Waals surface area contributed by atoms with E-state index < -0.39 is 6.04 Å². The summed E-state index contributed by atoms with van der Waals surface area (Å²) < 4.78 is 6.39. The molecular weight excluding hydrogens is 390 g/mol. The van der Waals surface area contributed by atoms with Crippen LogP contribution in [-0.4, -0.2) is 44.0 Å². The SMILES string of the molecule is CCOC(=O)Cc1csc(NC(=O)C(CC)n2c(N)nnc2SCC#N)n1. The van der Waals surface area contributed by atoms with Crippen molar-refractivity contribution in [3.8, 4) is 6.07 Å². The lowest BCUT2D eigenvalue weighted by molar-refractivity contribution is -0.142. The molecule has 1 unspecified atom stereocenters. The summed E-state index contributed by atoms with van der Waals surface area (Å²) in [6.45, 7) is 3.86. The van der Waals surface area contributed by atoms with E-state index in [4.69, 9.17) is 15.7 Å². The average molecular weight is 409 g/mol. The van der Waals surface area contributed by atoms with Crippen LogP contribution in [0, 0.1) is 11.3 Å². The zero-order chi connectivity index (χ0) is 19.8. The maximum Gasteiger partial charge on any atom is 0.311 e. The fourth-order valence-corrected chi connectivity index (χ4v) is 3.62. The summed E-state index contributed by atoms with van der Waals surface area (Å²) in [6.07, 6.45) is 0.486. The van der Waals surface area contributed by atoms with Gasteiger partial charge in [0.25, 0.3) is 0 Å². The van der Waals surface area contributed by atoms with E-state index in [9.17, 15) is 9.59 Å². The minimum Gasteiger partial charge on any atom is -0.466 e. The van der Waals surface area contributed by atoms with Crippen LogP contribution >= 0.6 is 23.1 Å². The number of carbonyl (C=O) groups is 2. The molecule has 2 aromatic rings. The Morgan fingerprint density at radius 2 is 2.26 bits per heavy atom. The summed E-state index contributed by atoms with van der Waals surface area (Å²) in [7, 11) is 0. The number of nitrogen functional groups attached to an aromatic ring is 1. The number of anilines is 2. The molecule has 0 saturated heterocycles. The number of rotatable bonds is 9. The van der Waals surface area contributed by atoms with Crippen molar-refractivity contribution in [2.75, 3.05) is 23.4 Å². The molecule has 2 aromatic heterocycles. The van der Waals surface area contributed by atoms with E-state index in [0.29, 0.717) is 29.0 Å². The van der Waals surface area contributed by atoms with Crippen LogP contribution in [0.3, 0.4) is 0 Å². The fourth-order valence-electron chi connectivity index (χ4n) is 2.26. The Bertz CT molecular complexity index is 843. The third-order valence-electron chi connectivity index (χ3n) is 3.37. The van der Waals surface area contributed by atoms with Crippen molar-refractivity contribution in [2.45, 2.75) is 37.9 Å².